The molecule has 0 aliphatic rings. The van der Waals surface area contributed by atoms with Crippen molar-refractivity contribution in [3.8, 4) is 52.4 Å². The summed E-state index contributed by atoms with van der Waals surface area (Å²) in [5.41, 5.74) is 13.3. The van der Waals surface area contributed by atoms with Crippen LogP contribution in [0.4, 0.5) is 0 Å². The number of ether oxygens (including phenoxy) is 3. The van der Waals surface area contributed by atoms with E-state index in [1.54, 1.807) is 81.7 Å². The Hall–Kier alpha value is -9.04. The first-order valence-corrected chi connectivity index (χ1v) is 33.9. The third-order valence-corrected chi connectivity index (χ3v) is 18.7. The summed E-state index contributed by atoms with van der Waals surface area (Å²) >= 11 is 14.3. The Morgan fingerprint density at radius 1 is 0.408 bits per heavy atom. The van der Waals surface area contributed by atoms with E-state index in [1.807, 2.05) is 140 Å². The molecule has 0 radical (unpaired) electrons. The number of rotatable bonds is 22. The fourth-order valence-electron chi connectivity index (χ4n) is 8.61. The molecule has 9 aromatic rings. The average Bonchev–Trinajstić information content (AvgIpc) is 0.874. The molecule has 16 nitrogen and oxygen atoms in total. The molecule has 0 fully saturated rings. The summed E-state index contributed by atoms with van der Waals surface area (Å²) in [6, 6.07) is 57.4. The number of thioether (sulfide) groups is 3. The Kier molecular flexibility index (Phi) is 33.0. The second-order valence-electron chi connectivity index (χ2n) is 22.7. The molecule has 0 aliphatic heterocycles. The monoisotopic (exact) mass is 1490 g/mol. The number of carbonyl (C=O) groups excluding carboxylic acids is 4. The number of aromatic nitrogens is 6. The fourth-order valence-corrected chi connectivity index (χ4v) is 12.7. The van der Waals surface area contributed by atoms with Crippen molar-refractivity contribution in [2.45, 2.75) is 114 Å². The number of nitriles is 3. The Balaban J connectivity index is 0.000000289. The predicted octanol–water partition coefficient (Wildman–Crippen LogP) is 16.9. The normalized spacial score (nSPS) is 12.1. The van der Waals surface area contributed by atoms with Gasteiger partial charge in [0.25, 0.3) is 0 Å². The van der Waals surface area contributed by atoms with Crippen molar-refractivity contribution >= 4 is 91.1 Å². The SMILES string of the molecule is CC(C#N)(CCC(=O)OCc1ccnc(-c2cc(COC(=O)CCC(C)(C#N)SC(=S)c3ccccc3)ccn2)c1)SC(=O)c1ccccc1.COC(=O)CCC(C)(C#N)SC(=S)c1ccccc1.Cc1ccnc(-c2cc(C)ccn2)c1.Cc1ccnc(-c2cc(C)ccn2)c1.[Ru]. The van der Waals surface area contributed by atoms with Gasteiger partial charge in [-0.15, -0.1) is 0 Å². The molecule has 0 spiro atoms. The second kappa shape index (κ2) is 40.6. The van der Waals surface area contributed by atoms with Gasteiger partial charge in [-0.3, -0.25) is 49.1 Å². The topological polar surface area (TPSA) is 245 Å². The molecule has 98 heavy (non-hydrogen) atoms. The van der Waals surface area contributed by atoms with Gasteiger partial charge in [-0.25, -0.2) is 0 Å². The zero-order valence-corrected chi connectivity index (χ0v) is 61.3. The van der Waals surface area contributed by atoms with E-state index in [9.17, 15) is 35.0 Å². The molecule has 6 heterocycles. The molecule has 0 saturated carbocycles. The molecule has 0 bridgehead atoms. The Labute approximate surface area is 610 Å². The Morgan fingerprint density at radius 3 is 0.980 bits per heavy atom. The maximum atomic E-state index is 12.6. The quantitative estimate of drug-likeness (QED) is 0.0265. The van der Waals surface area contributed by atoms with Gasteiger partial charge < -0.3 is 14.2 Å². The minimum atomic E-state index is -1.09. The van der Waals surface area contributed by atoms with Crippen LogP contribution < -0.4 is 0 Å². The summed E-state index contributed by atoms with van der Waals surface area (Å²) in [4.78, 5) is 74.9. The minimum absolute atomic E-state index is 0. The summed E-state index contributed by atoms with van der Waals surface area (Å²) in [5, 5.41) is 28.6. The maximum Gasteiger partial charge on any atom is 0.306 e. The molecular weight excluding hydrogens is 1410 g/mol. The van der Waals surface area contributed by atoms with Crippen LogP contribution in [0.15, 0.2) is 201 Å². The van der Waals surface area contributed by atoms with Crippen molar-refractivity contribution in [3.05, 3.63) is 251 Å². The molecule has 3 unspecified atom stereocenters. The fraction of sp³-hybridized carbons (Fsp3) is 0.250. The smallest absolute Gasteiger partial charge is 0.306 e. The Bertz CT molecular complexity index is 3980. The zero-order valence-electron chi connectivity index (χ0n) is 55.5. The predicted molar refractivity (Wildman–Crippen MR) is 393 cm³/mol. The maximum absolute atomic E-state index is 12.6. The van der Waals surface area contributed by atoms with Crippen molar-refractivity contribution in [1.29, 1.82) is 15.8 Å². The summed E-state index contributed by atoms with van der Waals surface area (Å²) in [6.07, 6.45) is 11.5. The number of benzene rings is 3. The molecule has 6 aromatic heterocycles. The number of hydrogen-bond donors (Lipinski definition) is 0. The number of aryl methyl sites for hydroxylation is 4. The van der Waals surface area contributed by atoms with Crippen molar-refractivity contribution in [3.63, 3.8) is 0 Å². The first-order chi connectivity index (χ1) is 46.5. The molecule has 502 valence electrons. The Morgan fingerprint density at radius 2 is 0.684 bits per heavy atom. The molecule has 3 atom stereocenters. The number of hydrogen-bond acceptors (Lipinski definition) is 21. The van der Waals surface area contributed by atoms with Gasteiger partial charge in [0.05, 0.1) is 67.9 Å². The van der Waals surface area contributed by atoms with Gasteiger partial charge in [-0.05, 0) is 185 Å². The number of nitrogens with zero attached hydrogens (tertiary/aromatic N) is 9. The van der Waals surface area contributed by atoms with E-state index in [1.165, 1.54) is 52.9 Å². The molecule has 9 rings (SSSR count). The van der Waals surface area contributed by atoms with E-state index in [2.05, 4.69) is 80.5 Å². The van der Waals surface area contributed by atoms with E-state index in [0.29, 0.717) is 42.9 Å². The third kappa shape index (κ3) is 27.5. The van der Waals surface area contributed by atoms with Gasteiger partial charge in [0, 0.05) is 81.5 Å². The van der Waals surface area contributed by atoms with E-state index < -0.39 is 26.2 Å². The number of methoxy groups -OCH3 is 1. The summed E-state index contributed by atoms with van der Waals surface area (Å²) in [7, 11) is 1.34. The molecule has 0 aliphatic carbocycles. The van der Waals surface area contributed by atoms with Crippen LogP contribution in [0.3, 0.4) is 0 Å². The standard InChI is InChI=1S/C38H34N4O5S3.C14H15NO2S2.2C12H12N2.Ru/c1-37(25-39,49-35(45)29-9-5-3-6-10-29)17-13-33(43)46-23-27-15-19-41-31(21-27)32-22-28(16-20-42-32)24-47-34(44)14-18-38(2,26-40)50-36(48)30-11-7-4-8-12-30;1-14(10-15,9-8-12(16)17-2)19-13(18)11-6-4-3-5-7-11;2*1-9-3-5-13-11(7-9)12-8-10(2)4-6-14-12;/h3-12,15-16,19-22H,13-14,17-18,23-24H2,1-2H3;3-7H,8-9H2,1-2H3;2*3-8H,1-2H3;. The number of carbonyl (C=O) groups is 4. The summed E-state index contributed by atoms with van der Waals surface area (Å²) in [6.45, 7) is 13.4. The van der Waals surface area contributed by atoms with Crippen LogP contribution in [0.1, 0.15) is 114 Å². The number of pyridine rings is 6. The first-order valence-electron chi connectivity index (χ1n) is 30.6. The number of esters is 3. The van der Waals surface area contributed by atoms with Gasteiger partial charge in [0.15, 0.2) is 0 Å². The van der Waals surface area contributed by atoms with Gasteiger partial charge in [-0.2, -0.15) is 15.8 Å². The second-order valence-corrected chi connectivity index (χ2v) is 28.5. The zero-order chi connectivity index (χ0) is 70.2. The van der Waals surface area contributed by atoms with E-state index in [4.69, 9.17) is 33.9 Å². The largest absolute Gasteiger partial charge is 0.469 e. The molecule has 22 heteroatoms. The van der Waals surface area contributed by atoms with Crippen molar-refractivity contribution in [1.82, 2.24) is 29.9 Å². The third-order valence-electron chi connectivity index (χ3n) is 14.2. The molecule has 0 amide bonds. The van der Waals surface area contributed by atoms with E-state index >= 15 is 0 Å². The van der Waals surface area contributed by atoms with Crippen molar-refractivity contribution < 1.29 is 52.9 Å². The van der Waals surface area contributed by atoms with Gasteiger partial charge in [-0.1, -0.05) is 151 Å². The molecule has 0 N–H and O–H groups in total. The van der Waals surface area contributed by atoms with Crippen LogP contribution in [-0.2, 0) is 61.3 Å². The van der Waals surface area contributed by atoms with Gasteiger partial charge >= 0.3 is 17.9 Å². The number of thiocarbonyl (C=S) groups is 2. The van der Waals surface area contributed by atoms with Crippen LogP contribution >= 0.6 is 59.7 Å². The molecular formula is C76H73N9O7RuS5. The van der Waals surface area contributed by atoms with Gasteiger partial charge in [0.2, 0.25) is 5.12 Å². The van der Waals surface area contributed by atoms with Crippen molar-refractivity contribution in [2.75, 3.05) is 7.11 Å². The van der Waals surface area contributed by atoms with Crippen LogP contribution in [0.5, 0.6) is 0 Å². The first kappa shape index (κ1) is 79.7. The van der Waals surface area contributed by atoms with Crippen molar-refractivity contribution in [2.24, 2.45) is 0 Å². The minimum Gasteiger partial charge on any atom is -0.469 e. The van der Waals surface area contributed by atoms with Crippen LogP contribution in [0, 0.1) is 61.7 Å². The molecule has 0 saturated heterocycles. The van der Waals surface area contributed by atoms with Crippen LogP contribution in [0.2, 0.25) is 0 Å². The molecule has 3 aromatic carbocycles. The van der Waals surface area contributed by atoms with E-state index in [-0.39, 0.29) is 75.9 Å². The van der Waals surface area contributed by atoms with Gasteiger partial charge in [0.1, 0.15) is 27.5 Å². The average molecular weight is 1490 g/mol. The van der Waals surface area contributed by atoms with E-state index in [0.717, 1.165) is 45.7 Å². The van der Waals surface area contributed by atoms with Crippen LogP contribution in [0.25, 0.3) is 34.2 Å². The summed E-state index contributed by atoms with van der Waals surface area (Å²) in [5.74, 6) is -1.24. The van der Waals surface area contributed by atoms with Crippen LogP contribution in [-0.4, -0.2) is 82.7 Å². The summed E-state index contributed by atoms with van der Waals surface area (Å²) < 4.78 is 14.1.